The van der Waals surface area contributed by atoms with Crippen LogP contribution in [0, 0.1) is 10.1 Å². The molecule has 0 aromatic carbocycles. The number of aldehydes is 1. The first-order valence-corrected chi connectivity index (χ1v) is 8.96. The minimum atomic E-state index is -0.555. The molecule has 128 valence electrons. The van der Waals surface area contributed by atoms with E-state index in [1.54, 1.807) is 6.08 Å². The standard InChI is InChI=1S/C18H33NO3/c1-2-3-4-5-6-7-8-9-12-15-18(19(21)22)16-13-10-11-14-17-20/h13,16-18H,2-12,14-15H2,1H3/b16-13+. The summed E-state index contributed by atoms with van der Waals surface area (Å²) in [5.74, 6) is 0. The molecule has 4 heteroatoms. The second-order valence-electron chi connectivity index (χ2n) is 6.00. The fourth-order valence-corrected chi connectivity index (χ4v) is 2.51. The number of rotatable bonds is 16. The van der Waals surface area contributed by atoms with Crippen molar-refractivity contribution in [3.05, 3.63) is 22.3 Å². The number of nitrogens with zero attached hydrogens (tertiary/aromatic N) is 1. The number of carbonyl (C=O) groups is 1. The average molecular weight is 311 g/mol. The number of carbonyl (C=O) groups excluding carboxylic acids is 1. The van der Waals surface area contributed by atoms with Gasteiger partial charge in [-0.3, -0.25) is 10.1 Å². The Bertz CT molecular complexity index is 303. The van der Waals surface area contributed by atoms with Gasteiger partial charge in [-0.2, -0.15) is 0 Å². The maximum absolute atomic E-state index is 11.0. The first-order valence-electron chi connectivity index (χ1n) is 8.96. The van der Waals surface area contributed by atoms with Crippen LogP contribution in [0.5, 0.6) is 0 Å². The van der Waals surface area contributed by atoms with Gasteiger partial charge >= 0.3 is 0 Å². The molecule has 0 rings (SSSR count). The van der Waals surface area contributed by atoms with Crippen LogP contribution in [0.15, 0.2) is 12.2 Å². The minimum Gasteiger partial charge on any atom is -0.303 e. The first kappa shape index (κ1) is 20.8. The van der Waals surface area contributed by atoms with Crippen molar-refractivity contribution in [2.45, 2.75) is 96.4 Å². The summed E-state index contributed by atoms with van der Waals surface area (Å²) in [5, 5.41) is 11.0. The summed E-state index contributed by atoms with van der Waals surface area (Å²) in [6.45, 7) is 2.22. The van der Waals surface area contributed by atoms with Gasteiger partial charge in [0.1, 0.15) is 6.29 Å². The topological polar surface area (TPSA) is 60.2 Å². The number of unbranched alkanes of at least 4 members (excludes halogenated alkanes) is 10. The predicted molar refractivity (Wildman–Crippen MR) is 91.7 cm³/mol. The molecule has 4 nitrogen and oxygen atoms in total. The third-order valence-corrected chi connectivity index (χ3v) is 3.93. The van der Waals surface area contributed by atoms with Crippen LogP contribution in [-0.2, 0) is 4.79 Å². The van der Waals surface area contributed by atoms with Gasteiger partial charge in [0.25, 0.3) is 0 Å². The highest BCUT2D eigenvalue weighted by molar-refractivity contribution is 5.48. The van der Waals surface area contributed by atoms with Gasteiger partial charge in [-0.15, -0.1) is 0 Å². The van der Waals surface area contributed by atoms with Crippen molar-refractivity contribution >= 4 is 6.29 Å². The van der Waals surface area contributed by atoms with E-state index in [1.165, 1.54) is 44.9 Å². The van der Waals surface area contributed by atoms with Gasteiger partial charge < -0.3 is 4.79 Å². The zero-order valence-electron chi connectivity index (χ0n) is 14.2. The van der Waals surface area contributed by atoms with E-state index in [2.05, 4.69) is 6.92 Å². The molecule has 0 bridgehead atoms. The summed E-state index contributed by atoms with van der Waals surface area (Å²) in [6.07, 6.45) is 18.2. The summed E-state index contributed by atoms with van der Waals surface area (Å²) in [5.41, 5.74) is 0. The van der Waals surface area contributed by atoms with Crippen LogP contribution in [0.3, 0.4) is 0 Å². The molecule has 0 saturated heterocycles. The van der Waals surface area contributed by atoms with Crippen LogP contribution in [0.25, 0.3) is 0 Å². The van der Waals surface area contributed by atoms with Crippen molar-refractivity contribution in [1.82, 2.24) is 0 Å². The number of allylic oxidation sites excluding steroid dienone is 1. The van der Waals surface area contributed by atoms with E-state index in [0.29, 0.717) is 12.8 Å². The average Bonchev–Trinajstić information content (AvgIpc) is 2.50. The first-order chi connectivity index (χ1) is 10.7. The summed E-state index contributed by atoms with van der Waals surface area (Å²) in [7, 11) is 0. The molecule has 0 saturated carbocycles. The molecule has 0 heterocycles. The van der Waals surface area contributed by atoms with E-state index in [1.807, 2.05) is 6.08 Å². The fraction of sp³-hybridized carbons (Fsp3) is 0.833. The molecule has 0 fully saturated rings. The van der Waals surface area contributed by atoms with E-state index >= 15 is 0 Å². The SMILES string of the molecule is CCCCCCCCCCCC(/C=C/CCCC=O)[N+](=O)[O-]. The highest BCUT2D eigenvalue weighted by Gasteiger charge is 2.14. The lowest BCUT2D eigenvalue weighted by Gasteiger charge is -2.05. The van der Waals surface area contributed by atoms with E-state index in [9.17, 15) is 14.9 Å². The third-order valence-electron chi connectivity index (χ3n) is 3.93. The Labute approximate surface area is 135 Å². The Morgan fingerprint density at radius 2 is 1.50 bits per heavy atom. The summed E-state index contributed by atoms with van der Waals surface area (Å²) in [4.78, 5) is 21.0. The zero-order valence-corrected chi connectivity index (χ0v) is 14.2. The predicted octanol–water partition coefficient (Wildman–Crippen LogP) is 5.48. The number of hydrogen-bond acceptors (Lipinski definition) is 3. The quantitative estimate of drug-likeness (QED) is 0.125. The Morgan fingerprint density at radius 3 is 2.05 bits per heavy atom. The Morgan fingerprint density at radius 1 is 0.909 bits per heavy atom. The molecule has 0 aromatic rings. The lowest BCUT2D eigenvalue weighted by molar-refractivity contribution is -0.510. The molecule has 22 heavy (non-hydrogen) atoms. The molecular weight excluding hydrogens is 278 g/mol. The van der Waals surface area contributed by atoms with E-state index in [-0.39, 0.29) is 4.92 Å². The molecule has 1 atom stereocenters. The van der Waals surface area contributed by atoms with Gasteiger partial charge in [0.2, 0.25) is 6.04 Å². The van der Waals surface area contributed by atoms with Crippen LogP contribution in [0.2, 0.25) is 0 Å². The number of nitro groups is 1. The second-order valence-corrected chi connectivity index (χ2v) is 6.00. The van der Waals surface area contributed by atoms with Crippen LogP contribution in [0.4, 0.5) is 0 Å². The summed E-state index contributed by atoms with van der Waals surface area (Å²) >= 11 is 0. The second kappa shape index (κ2) is 16.2. The van der Waals surface area contributed by atoms with Crippen LogP contribution >= 0.6 is 0 Å². The van der Waals surface area contributed by atoms with E-state index < -0.39 is 6.04 Å². The van der Waals surface area contributed by atoms with Crippen molar-refractivity contribution in [1.29, 1.82) is 0 Å². The highest BCUT2D eigenvalue weighted by Crippen LogP contribution is 2.13. The van der Waals surface area contributed by atoms with Crippen molar-refractivity contribution in [2.75, 3.05) is 0 Å². The van der Waals surface area contributed by atoms with Gasteiger partial charge in [-0.05, 0) is 25.3 Å². The third kappa shape index (κ3) is 13.8. The summed E-state index contributed by atoms with van der Waals surface area (Å²) in [6, 6.07) is -0.555. The Kier molecular flexibility index (Phi) is 15.3. The summed E-state index contributed by atoms with van der Waals surface area (Å²) < 4.78 is 0. The molecule has 0 spiro atoms. The maximum atomic E-state index is 11.0. The van der Waals surface area contributed by atoms with Crippen molar-refractivity contribution in [3.8, 4) is 0 Å². The zero-order chi connectivity index (χ0) is 16.5. The van der Waals surface area contributed by atoms with Crippen LogP contribution in [-0.4, -0.2) is 17.3 Å². The molecule has 0 aliphatic carbocycles. The normalized spacial score (nSPS) is 12.6. The minimum absolute atomic E-state index is 0.193. The van der Waals surface area contributed by atoms with Gasteiger partial charge in [0, 0.05) is 17.8 Å². The maximum Gasteiger partial charge on any atom is 0.231 e. The van der Waals surface area contributed by atoms with Crippen molar-refractivity contribution < 1.29 is 9.72 Å². The smallest absolute Gasteiger partial charge is 0.231 e. The lowest BCUT2D eigenvalue weighted by Crippen LogP contribution is -2.16. The van der Waals surface area contributed by atoms with Gasteiger partial charge in [-0.25, -0.2) is 0 Å². The fourth-order valence-electron chi connectivity index (χ4n) is 2.51. The molecule has 0 amide bonds. The largest absolute Gasteiger partial charge is 0.303 e. The van der Waals surface area contributed by atoms with E-state index in [4.69, 9.17) is 0 Å². The van der Waals surface area contributed by atoms with Gasteiger partial charge in [-0.1, -0.05) is 64.4 Å². The molecule has 0 N–H and O–H groups in total. The number of hydrogen-bond donors (Lipinski definition) is 0. The molecule has 0 aromatic heterocycles. The van der Waals surface area contributed by atoms with Gasteiger partial charge in [0.05, 0.1) is 0 Å². The molecule has 0 aliphatic rings. The highest BCUT2D eigenvalue weighted by atomic mass is 16.6. The monoisotopic (exact) mass is 311 g/mol. The van der Waals surface area contributed by atoms with Gasteiger partial charge in [0.15, 0.2) is 0 Å². The lowest BCUT2D eigenvalue weighted by atomic mass is 10.0. The van der Waals surface area contributed by atoms with Crippen molar-refractivity contribution in [2.24, 2.45) is 0 Å². The van der Waals surface area contributed by atoms with Crippen LogP contribution in [0.1, 0.15) is 90.4 Å². The molecule has 1 unspecified atom stereocenters. The molecule has 0 aliphatic heterocycles. The Balaban J connectivity index is 3.61. The van der Waals surface area contributed by atoms with Crippen molar-refractivity contribution in [3.63, 3.8) is 0 Å². The Hall–Kier alpha value is -1.19. The van der Waals surface area contributed by atoms with E-state index in [0.717, 1.165) is 32.0 Å². The van der Waals surface area contributed by atoms with Crippen LogP contribution < -0.4 is 0 Å². The molecular formula is C18H33NO3. The molecule has 0 radical (unpaired) electrons.